The molecule has 0 amide bonds. The van der Waals surface area contributed by atoms with E-state index >= 15 is 0 Å². The Hall–Kier alpha value is -0.890. The van der Waals surface area contributed by atoms with E-state index in [1.54, 1.807) is 12.1 Å². The quantitative estimate of drug-likeness (QED) is 0.849. The second-order valence-electron chi connectivity index (χ2n) is 6.90. The van der Waals surface area contributed by atoms with Gasteiger partial charge in [0.25, 0.3) is 0 Å². The third kappa shape index (κ3) is 2.76. The summed E-state index contributed by atoms with van der Waals surface area (Å²) in [6.45, 7) is 4.70. The molecule has 1 aromatic carbocycles. The molecule has 3 atom stereocenters. The molecule has 0 bridgehead atoms. The first-order valence-corrected chi connectivity index (χ1v) is 8.19. The largest absolute Gasteiger partial charge is 0.307 e. The van der Waals surface area contributed by atoms with Crippen LogP contribution in [-0.4, -0.2) is 6.04 Å². The van der Waals surface area contributed by atoms with Crippen molar-refractivity contribution in [2.75, 3.05) is 0 Å². The lowest BCUT2D eigenvalue weighted by Crippen LogP contribution is -2.42. The molecule has 0 saturated heterocycles. The SMILES string of the molecule is CC(C)C1CCCCC1NC1CCc2cc(F)ccc21. The van der Waals surface area contributed by atoms with Gasteiger partial charge >= 0.3 is 0 Å². The monoisotopic (exact) mass is 275 g/mol. The fourth-order valence-corrected chi connectivity index (χ4v) is 4.18. The van der Waals surface area contributed by atoms with Gasteiger partial charge in [-0.3, -0.25) is 0 Å². The molecule has 0 spiro atoms. The van der Waals surface area contributed by atoms with Gasteiger partial charge in [0.05, 0.1) is 0 Å². The first-order valence-electron chi connectivity index (χ1n) is 8.19. The van der Waals surface area contributed by atoms with Crippen LogP contribution in [0.5, 0.6) is 0 Å². The van der Waals surface area contributed by atoms with Crippen molar-refractivity contribution in [1.29, 1.82) is 0 Å². The minimum atomic E-state index is -0.0953. The lowest BCUT2D eigenvalue weighted by Gasteiger charge is -2.37. The topological polar surface area (TPSA) is 12.0 Å². The highest BCUT2D eigenvalue weighted by atomic mass is 19.1. The normalized spacial score (nSPS) is 29.7. The van der Waals surface area contributed by atoms with Crippen molar-refractivity contribution in [3.63, 3.8) is 0 Å². The first kappa shape index (κ1) is 14.1. The average molecular weight is 275 g/mol. The molecule has 1 nitrogen and oxygen atoms in total. The van der Waals surface area contributed by atoms with E-state index in [1.807, 2.05) is 6.07 Å². The standard InChI is InChI=1S/C18H26FN/c1-12(2)15-5-3-4-6-17(15)20-18-10-7-13-11-14(19)8-9-16(13)18/h8-9,11-12,15,17-18,20H,3-7,10H2,1-2H3. The Balaban J connectivity index is 1.72. The van der Waals surface area contributed by atoms with Crippen LogP contribution in [0.4, 0.5) is 4.39 Å². The van der Waals surface area contributed by atoms with Crippen LogP contribution in [0.3, 0.4) is 0 Å². The maximum Gasteiger partial charge on any atom is 0.123 e. The van der Waals surface area contributed by atoms with E-state index in [9.17, 15) is 4.39 Å². The van der Waals surface area contributed by atoms with E-state index in [0.717, 1.165) is 24.7 Å². The molecule has 2 heteroatoms. The second-order valence-corrected chi connectivity index (χ2v) is 6.90. The summed E-state index contributed by atoms with van der Waals surface area (Å²) in [5.74, 6) is 1.46. The molecule has 0 radical (unpaired) electrons. The average Bonchev–Trinajstić information content (AvgIpc) is 2.81. The summed E-state index contributed by atoms with van der Waals surface area (Å²) in [7, 11) is 0. The van der Waals surface area contributed by atoms with Gasteiger partial charge in [-0.1, -0.05) is 32.8 Å². The maximum atomic E-state index is 13.3. The number of halogens is 1. The first-order chi connectivity index (χ1) is 9.65. The number of benzene rings is 1. The molecule has 1 saturated carbocycles. The van der Waals surface area contributed by atoms with Crippen molar-refractivity contribution < 1.29 is 4.39 Å². The van der Waals surface area contributed by atoms with Crippen molar-refractivity contribution in [3.05, 3.63) is 35.1 Å². The van der Waals surface area contributed by atoms with Crippen molar-refractivity contribution in [2.24, 2.45) is 11.8 Å². The molecular formula is C18H26FN. The zero-order valence-electron chi connectivity index (χ0n) is 12.7. The molecule has 0 aliphatic heterocycles. The highest BCUT2D eigenvalue weighted by Crippen LogP contribution is 2.36. The van der Waals surface area contributed by atoms with Crippen molar-refractivity contribution in [2.45, 2.75) is 64.5 Å². The summed E-state index contributed by atoms with van der Waals surface area (Å²) in [6, 6.07) is 6.40. The van der Waals surface area contributed by atoms with Crippen LogP contribution in [-0.2, 0) is 6.42 Å². The lowest BCUT2D eigenvalue weighted by molar-refractivity contribution is 0.192. The molecule has 20 heavy (non-hydrogen) atoms. The van der Waals surface area contributed by atoms with Crippen LogP contribution < -0.4 is 5.32 Å². The van der Waals surface area contributed by atoms with Gasteiger partial charge < -0.3 is 5.32 Å². The molecule has 0 heterocycles. The molecule has 2 aliphatic rings. The summed E-state index contributed by atoms with van der Waals surface area (Å²) in [5.41, 5.74) is 2.54. The van der Waals surface area contributed by atoms with Crippen LogP contribution in [0.15, 0.2) is 18.2 Å². The van der Waals surface area contributed by atoms with Gasteiger partial charge in [-0.25, -0.2) is 4.39 Å². The minimum absolute atomic E-state index is 0.0953. The van der Waals surface area contributed by atoms with Gasteiger partial charge in [0, 0.05) is 12.1 Å². The summed E-state index contributed by atoms with van der Waals surface area (Å²) in [6.07, 6.45) is 7.54. The van der Waals surface area contributed by atoms with Gasteiger partial charge in [0.15, 0.2) is 0 Å². The zero-order valence-corrected chi connectivity index (χ0v) is 12.7. The van der Waals surface area contributed by atoms with Crippen molar-refractivity contribution >= 4 is 0 Å². The fraction of sp³-hybridized carbons (Fsp3) is 0.667. The van der Waals surface area contributed by atoms with Crippen LogP contribution in [0, 0.1) is 17.7 Å². The molecule has 0 aromatic heterocycles. The van der Waals surface area contributed by atoms with Gasteiger partial charge in [-0.2, -0.15) is 0 Å². The maximum absolute atomic E-state index is 13.3. The number of aryl methyl sites for hydroxylation is 1. The molecular weight excluding hydrogens is 249 g/mol. The minimum Gasteiger partial charge on any atom is -0.307 e. The Bertz CT molecular complexity index is 468. The van der Waals surface area contributed by atoms with Crippen molar-refractivity contribution in [1.82, 2.24) is 5.32 Å². The smallest absolute Gasteiger partial charge is 0.123 e. The molecule has 3 unspecified atom stereocenters. The van der Waals surface area contributed by atoms with Gasteiger partial charge in [-0.15, -0.1) is 0 Å². The predicted octanol–water partition coefficient (Wildman–Crippen LogP) is 4.62. The Morgan fingerprint density at radius 3 is 2.75 bits per heavy atom. The Labute approximate surface area is 122 Å². The van der Waals surface area contributed by atoms with E-state index < -0.39 is 0 Å². The highest BCUT2D eigenvalue weighted by molar-refractivity contribution is 5.35. The van der Waals surface area contributed by atoms with E-state index in [0.29, 0.717) is 12.1 Å². The molecule has 2 aliphatic carbocycles. The zero-order chi connectivity index (χ0) is 14.1. The number of rotatable bonds is 3. The number of fused-ring (bicyclic) bond motifs is 1. The lowest BCUT2D eigenvalue weighted by atomic mass is 9.77. The molecule has 110 valence electrons. The predicted molar refractivity (Wildman–Crippen MR) is 81.2 cm³/mol. The molecule has 1 fully saturated rings. The molecule has 1 N–H and O–H groups in total. The number of hydrogen-bond acceptors (Lipinski definition) is 1. The Morgan fingerprint density at radius 1 is 1.15 bits per heavy atom. The molecule has 1 aromatic rings. The Kier molecular flexibility index (Phi) is 4.11. The summed E-state index contributed by atoms with van der Waals surface area (Å²) in [5, 5.41) is 3.90. The van der Waals surface area contributed by atoms with Crippen LogP contribution in [0.1, 0.15) is 63.1 Å². The number of nitrogens with one attached hydrogen (secondary N) is 1. The van der Waals surface area contributed by atoms with Gasteiger partial charge in [0.1, 0.15) is 5.82 Å². The van der Waals surface area contributed by atoms with Crippen LogP contribution in [0.25, 0.3) is 0 Å². The van der Waals surface area contributed by atoms with Crippen molar-refractivity contribution in [3.8, 4) is 0 Å². The van der Waals surface area contributed by atoms with E-state index in [1.165, 1.54) is 36.8 Å². The Morgan fingerprint density at radius 2 is 1.95 bits per heavy atom. The summed E-state index contributed by atoms with van der Waals surface area (Å²) < 4.78 is 13.3. The molecule has 3 rings (SSSR count). The second kappa shape index (κ2) is 5.85. The number of hydrogen-bond donors (Lipinski definition) is 1. The van der Waals surface area contributed by atoms with E-state index in [-0.39, 0.29) is 5.82 Å². The van der Waals surface area contributed by atoms with Gasteiger partial charge in [-0.05, 0) is 60.8 Å². The summed E-state index contributed by atoms with van der Waals surface area (Å²) >= 11 is 0. The highest BCUT2D eigenvalue weighted by Gasteiger charge is 2.31. The van der Waals surface area contributed by atoms with E-state index in [4.69, 9.17) is 0 Å². The van der Waals surface area contributed by atoms with E-state index in [2.05, 4.69) is 19.2 Å². The fourth-order valence-electron chi connectivity index (χ4n) is 4.18. The van der Waals surface area contributed by atoms with Crippen LogP contribution in [0.2, 0.25) is 0 Å². The third-order valence-corrected chi connectivity index (χ3v) is 5.27. The summed E-state index contributed by atoms with van der Waals surface area (Å²) in [4.78, 5) is 0. The third-order valence-electron chi connectivity index (χ3n) is 5.27. The van der Waals surface area contributed by atoms with Crippen LogP contribution >= 0.6 is 0 Å². The van der Waals surface area contributed by atoms with Gasteiger partial charge in [0.2, 0.25) is 0 Å².